The summed E-state index contributed by atoms with van der Waals surface area (Å²) >= 11 is 0. The third-order valence-corrected chi connectivity index (χ3v) is 2.65. The lowest BCUT2D eigenvalue weighted by molar-refractivity contribution is 0.0950. The average molecular weight is 232 g/mol. The molecule has 2 rings (SSSR count). The van der Waals surface area contributed by atoms with Crippen LogP contribution in [0.2, 0.25) is 0 Å². The Morgan fingerprint density at radius 3 is 3.12 bits per heavy atom. The molecule has 0 fully saturated rings. The Morgan fingerprint density at radius 2 is 2.29 bits per heavy atom. The summed E-state index contributed by atoms with van der Waals surface area (Å²) in [5.41, 5.74) is 1.69. The van der Waals surface area contributed by atoms with E-state index in [0.29, 0.717) is 18.7 Å². The van der Waals surface area contributed by atoms with Gasteiger partial charge in [-0.25, -0.2) is 0 Å². The van der Waals surface area contributed by atoms with Gasteiger partial charge in [-0.05, 0) is 24.6 Å². The van der Waals surface area contributed by atoms with Gasteiger partial charge in [0.15, 0.2) is 0 Å². The summed E-state index contributed by atoms with van der Waals surface area (Å²) in [6.45, 7) is 1.29. The summed E-state index contributed by atoms with van der Waals surface area (Å²) in [4.78, 5) is 15.0. The molecular weight excluding hydrogens is 216 g/mol. The molecule has 0 bridgehead atoms. The van der Waals surface area contributed by atoms with Crippen LogP contribution in [0, 0.1) is 0 Å². The highest BCUT2D eigenvalue weighted by molar-refractivity contribution is 6.06. The lowest BCUT2D eigenvalue weighted by Gasteiger charge is -2.05. The first kappa shape index (κ1) is 11.7. The molecule has 0 atom stereocenters. The van der Waals surface area contributed by atoms with Gasteiger partial charge in [0.1, 0.15) is 0 Å². The molecule has 0 saturated carbocycles. The van der Waals surface area contributed by atoms with Crippen molar-refractivity contribution >= 4 is 16.8 Å². The quantitative estimate of drug-likeness (QED) is 0.774. The SMILES string of the molecule is COCCCNC(=O)c1cccc2[nH]ccc12. The molecule has 1 amide bonds. The first-order valence-electron chi connectivity index (χ1n) is 5.66. The number of ether oxygens (including phenoxy) is 1. The Balaban J connectivity index is 2.06. The monoisotopic (exact) mass is 232 g/mol. The molecule has 2 N–H and O–H groups in total. The summed E-state index contributed by atoms with van der Waals surface area (Å²) in [5.74, 6) is -0.0358. The first-order valence-corrected chi connectivity index (χ1v) is 5.66. The van der Waals surface area contributed by atoms with Crippen LogP contribution in [0.1, 0.15) is 16.8 Å². The Hall–Kier alpha value is -1.81. The van der Waals surface area contributed by atoms with E-state index in [0.717, 1.165) is 17.3 Å². The van der Waals surface area contributed by atoms with Gasteiger partial charge in [-0.1, -0.05) is 6.07 Å². The van der Waals surface area contributed by atoms with Gasteiger partial charge in [0, 0.05) is 42.9 Å². The number of hydrogen-bond acceptors (Lipinski definition) is 2. The number of carbonyl (C=O) groups is 1. The third kappa shape index (κ3) is 2.65. The van der Waals surface area contributed by atoms with Crippen LogP contribution in [0.25, 0.3) is 10.9 Å². The molecule has 4 nitrogen and oxygen atoms in total. The first-order chi connectivity index (χ1) is 8.33. The number of fused-ring (bicyclic) bond motifs is 1. The second kappa shape index (κ2) is 5.50. The number of nitrogens with one attached hydrogen (secondary N) is 2. The van der Waals surface area contributed by atoms with Gasteiger partial charge in [-0.3, -0.25) is 4.79 Å². The van der Waals surface area contributed by atoms with E-state index in [1.54, 1.807) is 7.11 Å². The zero-order valence-corrected chi connectivity index (χ0v) is 9.82. The maximum Gasteiger partial charge on any atom is 0.251 e. The molecule has 17 heavy (non-hydrogen) atoms. The van der Waals surface area contributed by atoms with Crippen LogP contribution in [0.5, 0.6) is 0 Å². The van der Waals surface area contributed by atoms with Crippen LogP contribution in [0.15, 0.2) is 30.5 Å². The molecule has 4 heteroatoms. The number of rotatable bonds is 5. The predicted octanol–water partition coefficient (Wildman–Crippen LogP) is 1.93. The number of carbonyl (C=O) groups excluding carboxylic acids is 1. The lowest BCUT2D eigenvalue weighted by Crippen LogP contribution is -2.25. The molecule has 1 aromatic heterocycles. The van der Waals surface area contributed by atoms with Gasteiger partial charge in [0.05, 0.1) is 0 Å². The number of aromatic amines is 1. The number of H-pyrrole nitrogens is 1. The zero-order valence-electron chi connectivity index (χ0n) is 9.82. The molecule has 0 aliphatic carbocycles. The van der Waals surface area contributed by atoms with Crippen molar-refractivity contribution in [3.8, 4) is 0 Å². The summed E-state index contributed by atoms with van der Waals surface area (Å²) in [5, 5.41) is 3.84. The number of methoxy groups -OCH3 is 1. The topological polar surface area (TPSA) is 54.1 Å². The maximum atomic E-state index is 12.0. The van der Waals surface area contributed by atoms with E-state index in [-0.39, 0.29) is 5.91 Å². The molecule has 0 radical (unpaired) electrons. The minimum atomic E-state index is -0.0358. The molecule has 1 heterocycles. The Kier molecular flexibility index (Phi) is 3.77. The van der Waals surface area contributed by atoms with Crippen LogP contribution in [-0.4, -0.2) is 31.2 Å². The highest BCUT2D eigenvalue weighted by Gasteiger charge is 2.09. The van der Waals surface area contributed by atoms with Crippen molar-refractivity contribution in [1.82, 2.24) is 10.3 Å². The van der Waals surface area contributed by atoms with Crippen molar-refractivity contribution in [2.24, 2.45) is 0 Å². The second-order valence-electron chi connectivity index (χ2n) is 3.85. The van der Waals surface area contributed by atoms with Crippen molar-refractivity contribution < 1.29 is 9.53 Å². The minimum absolute atomic E-state index is 0.0358. The predicted molar refractivity (Wildman–Crippen MR) is 67.1 cm³/mol. The van der Waals surface area contributed by atoms with Crippen molar-refractivity contribution in [1.29, 1.82) is 0 Å². The number of hydrogen-bond donors (Lipinski definition) is 2. The van der Waals surface area contributed by atoms with Crippen molar-refractivity contribution in [2.75, 3.05) is 20.3 Å². The van der Waals surface area contributed by atoms with Crippen LogP contribution in [-0.2, 0) is 4.74 Å². The fraction of sp³-hybridized carbons (Fsp3) is 0.308. The van der Waals surface area contributed by atoms with Crippen molar-refractivity contribution in [3.05, 3.63) is 36.0 Å². The van der Waals surface area contributed by atoms with E-state index >= 15 is 0 Å². The zero-order chi connectivity index (χ0) is 12.1. The summed E-state index contributed by atoms with van der Waals surface area (Å²) in [6.07, 6.45) is 2.66. The van der Waals surface area contributed by atoms with E-state index in [1.807, 2.05) is 30.5 Å². The van der Waals surface area contributed by atoms with Gasteiger partial charge in [0.25, 0.3) is 5.91 Å². The van der Waals surface area contributed by atoms with Crippen LogP contribution >= 0.6 is 0 Å². The van der Waals surface area contributed by atoms with E-state index < -0.39 is 0 Å². The molecular formula is C13H16N2O2. The summed E-state index contributed by atoms with van der Waals surface area (Å²) in [7, 11) is 1.66. The average Bonchev–Trinajstić information content (AvgIpc) is 2.82. The van der Waals surface area contributed by atoms with Gasteiger partial charge >= 0.3 is 0 Å². The van der Waals surface area contributed by atoms with Crippen molar-refractivity contribution in [2.45, 2.75) is 6.42 Å². The molecule has 1 aromatic carbocycles. The van der Waals surface area contributed by atoms with Crippen LogP contribution in [0.4, 0.5) is 0 Å². The standard InChI is InChI=1S/C13H16N2O2/c1-17-9-3-7-15-13(16)11-4-2-5-12-10(11)6-8-14-12/h2,4-6,8,14H,3,7,9H2,1H3,(H,15,16). The van der Waals surface area contributed by atoms with E-state index in [2.05, 4.69) is 10.3 Å². The second-order valence-corrected chi connectivity index (χ2v) is 3.85. The Bertz CT molecular complexity index is 505. The van der Waals surface area contributed by atoms with E-state index in [9.17, 15) is 4.79 Å². The number of aromatic nitrogens is 1. The van der Waals surface area contributed by atoms with Gasteiger partial charge in [-0.2, -0.15) is 0 Å². The van der Waals surface area contributed by atoms with Gasteiger partial charge in [-0.15, -0.1) is 0 Å². The fourth-order valence-corrected chi connectivity index (χ4v) is 1.80. The summed E-state index contributed by atoms with van der Waals surface area (Å²) in [6, 6.07) is 7.58. The normalized spacial score (nSPS) is 10.6. The van der Waals surface area contributed by atoms with Crippen LogP contribution in [0.3, 0.4) is 0 Å². The number of benzene rings is 1. The maximum absolute atomic E-state index is 12.0. The third-order valence-electron chi connectivity index (χ3n) is 2.65. The summed E-state index contributed by atoms with van der Waals surface area (Å²) < 4.78 is 4.93. The van der Waals surface area contributed by atoms with Crippen LogP contribution < -0.4 is 5.32 Å². The Morgan fingerprint density at radius 1 is 1.41 bits per heavy atom. The van der Waals surface area contributed by atoms with E-state index in [4.69, 9.17) is 4.74 Å². The van der Waals surface area contributed by atoms with Gasteiger partial charge in [0.2, 0.25) is 0 Å². The fourth-order valence-electron chi connectivity index (χ4n) is 1.80. The molecule has 0 unspecified atom stereocenters. The molecule has 90 valence electrons. The largest absolute Gasteiger partial charge is 0.385 e. The lowest BCUT2D eigenvalue weighted by atomic mass is 10.1. The van der Waals surface area contributed by atoms with Crippen molar-refractivity contribution in [3.63, 3.8) is 0 Å². The number of amides is 1. The molecule has 0 spiro atoms. The minimum Gasteiger partial charge on any atom is -0.385 e. The van der Waals surface area contributed by atoms with Gasteiger partial charge < -0.3 is 15.0 Å². The highest BCUT2D eigenvalue weighted by Crippen LogP contribution is 2.16. The molecule has 2 aromatic rings. The molecule has 0 saturated heterocycles. The highest BCUT2D eigenvalue weighted by atomic mass is 16.5. The smallest absolute Gasteiger partial charge is 0.251 e. The molecule has 0 aliphatic rings. The van der Waals surface area contributed by atoms with E-state index in [1.165, 1.54) is 0 Å². The molecule has 0 aliphatic heterocycles. The Labute approximate surface area is 100.0 Å².